The van der Waals surface area contributed by atoms with Crippen molar-refractivity contribution in [3.8, 4) is 0 Å². The fourth-order valence-electron chi connectivity index (χ4n) is 10.6. The first-order valence-corrected chi connectivity index (χ1v) is 13.6. The summed E-state index contributed by atoms with van der Waals surface area (Å²) in [7, 11) is 0. The lowest BCUT2D eigenvalue weighted by Crippen LogP contribution is -2.56. The lowest BCUT2D eigenvalue weighted by Gasteiger charge is -2.62. The van der Waals surface area contributed by atoms with E-state index >= 15 is 0 Å². The summed E-state index contributed by atoms with van der Waals surface area (Å²) in [6.07, 6.45) is 12.7. The molecule has 2 spiro atoms. The van der Waals surface area contributed by atoms with Gasteiger partial charge in [-0.05, 0) is 97.2 Å². The normalized spacial score (nSPS) is 48.5. The molecule has 0 N–H and O–H groups in total. The molecular formula is C30H46O2. The monoisotopic (exact) mass is 438 g/mol. The molecule has 0 amide bonds. The highest BCUT2D eigenvalue weighted by molar-refractivity contribution is 5.86. The Hall–Kier alpha value is -0.920. The van der Waals surface area contributed by atoms with Crippen molar-refractivity contribution in [2.45, 2.75) is 112 Å². The molecule has 32 heavy (non-hydrogen) atoms. The number of hydrogen-bond acceptors (Lipinski definition) is 2. The first kappa shape index (κ1) is 22.9. The molecule has 0 aromatic rings. The number of fused-ring (bicyclic) bond motifs is 2. The Labute approximate surface area is 196 Å². The molecule has 5 aliphatic rings. The van der Waals surface area contributed by atoms with Gasteiger partial charge in [0.1, 0.15) is 11.6 Å². The second kappa shape index (κ2) is 6.82. The van der Waals surface area contributed by atoms with E-state index < -0.39 is 0 Å². The Morgan fingerprint density at radius 3 is 2.25 bits per heavy atom. The predicted octanol–water partition coefficient (Wildman–Crippen LogP) is 7.56. The maximum Gasteiger partial charge on any atom is 0.138 e. The summed E-state index contributed by atoms with van der Waals surface area (Å²) in [6, 6.07) is 0. The summed E-state index contributed by atoms with van der Waals surface area (Å²) >= 11 is 0. The average Bonchev–Trinajstić information content (AvgIpc) is 3.31. The molecule has 0 radical (unpaired) electrons. The summed E-state index contributed by atoms with van der Waals surface area (Å²) in [5, 5.41) is 0. The van der Waals surface area contributed by atoms with E-state index in [4.69, 9.17) is 0 Å². The quantitative estimate of drug-likeness (QED) is 0.415. The molecule has 0 bridgehead atoms. The SMILES string of the molecule is C=C(CCC(=O)C(C)C)[C@H]1CC[C@@]2(C)[C@@H]3CC[C@H]4C(C)(C)C(=O)CC[C@@]45C[C@@]35CC[C@]12C. The zero-order valence-electron chi connectivity index (χ0n) is 21.6. The van der Waals surface area contributed by atoms with Crippen LogP contribution in [0.4, 0.5) is 0 Å². The fourth-order valence-corrected chi connectivity index (χ4v) is 10.6. The molecule has 178 valence electrons. The summed E-state index contributed by atoms with van der Waals surface area (Å²) < 4.78 is 0. The van der Waals surface area contributed by atoms with Gasteiger partial charge in [-0.3, -0.25) is 9.59 Å². The van der Waals surface area contributed by atoms with Gasteiger partial charge in [-0.2, -0.15) is 0 Å². The zero-order valence-corrected chi connectivity index (χ0v) is 21.6. The topological polar surface area (TPSA) is 34.1 Å². The standard InChI is InChI=1S/C30H46O2/c1-19(2)22(31)9-8-20(3)21-12-14-28(7)24-11-10-23-26(4,5)25(32)13-15-29(23)18-30(24,29)17-16-27(21,28)6/h19,21,23-24H,3,8-18H2,1-2,4-7H3/t21-,23+,24+,27-,28+,29-,30+/m1/s1. The number of rotatable bonds is 5. The van der Waals surface area contributed by atoms with Gasteiger partial charge < -0.3 is 0 Å². The molecule has 7 atom stereocenters. The average molecular weight is 439 g/mol. The highest BCUT2D eigenvalue weighted by atomic mass is 16.1. The number of hydrogen-bond donors (Lipinski definition) is 0. The molecule has 0 saturated heterocycles. The third-order valence-electron chi connectivity index (χ3n) is 12.7. The maximum absolute atomic E-state index is 12.8. The summed E-state index contributed by atoms with van der Waals surface area (Å²) in [4.78, 5) is 25.1. The van der Waals surface area contributed by atoms with E-state index in [1.54, 1.807) is 0 Å². The van der Waals surface area contributed by atoms with Crippen molar-refractivity contribution in [2.75, 3.05) is 0 Å². The van der Waals surface area contributed by atoms with Gasteiger partial charge in [0.05, 0.1) is 0 Å². The van der Waals surface area contributed by atoms with Crippen LogP contribution in [0.5, 0.6) is 0 Å². The number of Topliss-reactive ketones (excluding diaryl/α,β-unsaturated/α-hetero) is 2. The minimum Gasteiger partial charge on any atom is -0.299 e. The van der Waals surface area contributed by atoms with E-state index in [1.165, 1.54) is 50.5 Å². The second-order valence-corrected chi connectivity index (χ2v) is 14.0. The van der Waals surface area contributed by atoms with Gasteiger partial charge in [-0.25, -0.2) is 0 Å². The zero-order chi connectivity index (χ0) is 23.3. The second-order valence-electron chi connectivity index (χ2n) is 14.0. The Bertz CT molecular complexity index is 866. The van der Waals surface area contributed by atoms with Crippen molar-refractivity contribution < 1.29 is 9.59 Å². The van der Waals surface area contributed by atoms with Crippen molar-refractivity contribution in [1.29, 1.82) is 0 Å². The van der Waals surface area contributed by atoms with Crippen molar-refractivity contribution in [2.24, 2.45) is 50.7 Å². The molecule has 2 heteroatoms. The van der Waals surface area contributed by atoms with Crippen LogP contribution in [0.1, 0.15) is 112 Å². The van der Waals surface area contributed by atoms with Crippen molar-refractivity contribution in [3.05, 3.63) is 12.2 Å². The van der Waals surface area contributed by atoms with Gasteiger partial charge in [-0.15, -0.1) is 0 Å². The van der Waals surface area contributed by atoms with Crippen LogP contribution < -0.4 is 0 Å². The molecule has 5 aliphatic carbocycles. The predicted molar refractivity (Wildman–Crippen MR) is 130 cm³/mol. The van der Waals surface area contributed by atoms with Crippen LogP contribution in [0.15, 0.2) is 12.2 Å². The highest BCUT2D eigenvalue weighted by Crippen LogP contribution is 2.88. The van der Waals surface area contributed by atoms with E-state index in [2.05, 4.69) is 34.3 Å². The third-order valence-corrected chi connectivity index (χ3v) is 12.7. The number of ketones is 2. The lowest BCUT2D eigenvalue weighted by atomic mass is 9.42. The molecule has 0 heterocycles. The van der Waals surface area contributed by atoms with Crippen LogP contribution in [-0.4, -0.2) is 11.6 Å². The molecule has 0 aliphatic heterocycles. The van der Waals surface area contributed by atoms with Crippen LogP contribution >= 0.6 is 0 Å². The van der Waals surface area contributed by atoms with Gasteiger partial charge in [0, 0.05) is 24.2 Å². The first-order valence-electron chi connectivity index (χ1n) is 13.6. The summed E-state index contributed by atoms with van der Waals surface area (Å²) in [5.41, 5.74) is 2.88. The Kier molecular flexibility index (Phi) is 4.87. The van der Waals surface area contributed by atoms with E-state index in [9.17, 15) is 9.59 Å². The van der Waals surface area contributed by atoms with Crippen molar-refractivity contribution in [1.82, 2.24) is 0 Å². The molecule has 5 saturated carbocycles. The Balaban J connectivity index is 1.40. The van der Waals surface area contributed by atoms with Crippen LogP contribution in [0, 0.1) is 50.7 Å². The van der Waals surface area contributed by atoms with Crippen LogP contribution in [0.25, 0.3) is 0 Å². The molecule has 5 rings (SSSR count). The van der Waals surface area contributed by atoms with Crippen LogP contribution in [0.3, 0.4) is 0 Å². The molecule has 2 nitrogen and oxygen atoms in total. The summed E-state index contributed by atoms with van der Waals surface area (Å²) in [6.45, 7) is 18.3. The third kappa shape index (κ3) is 2.59. The van der Waals surface area contributed by atoms with Gasteiger partial charge in [-0.1, -0.05) is 53.7 Å². The minimum absolute atomic E-state index is 0.121. The van der Waals surface area contributed by atoms with Gasteiger partial charge in [0.2, 0.25) is 0 Å². The maximum atomic E-state index is 12.8. The molecule has 0 aromatic carbocycles. The van der Waals surface area contributed by atoms with Crippen molar-refractivity contribution in [3.63, 3.8) is 0 Å². The number of carbonyl (C=O) groups is 2. The van der Waals surface area contributed by atoms with Crippen LogP contribution in [0.2, 0.25) is 0 Å². The first-order chi connectivity index (χ1) is 14.9. The Morgan fingerprint density at radius 1 is 0.906 bits per heavy atom. The lowest BCUT2D eigenvalue weighted by molar-refractivity contribution is -0.154. The van der Waals surface area contributed by atoms with Gasteiger partial charge in [0.15, 0.2) is 0 Å². The van der Waals surface area contributed by atoms with Gasteiger partial charge in [0.25, 0.3) is 0 Å². The van der Waals surface area contributed by atoms with E-state index in [1.807, 2.05) is 13.8 Å². The number of carbonyl (C=O) groups excluding carboxylic acids is 2. The molecular weight excluding hydrogens is 392 g/mol. The summed E-state index contributed by atoms with van der Waals surface area (Å²) in [5.74, 6) is 3.02. The minimum atomic E-state index is -0.121. The largest absolute Gasteiger partial charge is 0.299 e. The van der Waals surface area contributed by atoms with E-state index in [0.717, 1.165) is 25.2 Å². The van der Waals surface area contributed by atoms with E-state index in [-0.39, 0.29) is 11.3 Å². The fraction of sp³-hybridized carbons (Fsp3) is 0.867. The van der Waals surface area contributed by atoms with Crippen LogP contribution in [-0.2, 0) is 9.59 Å². The Morgan fingerprint density at radius 2 is 1.56 bits per heavy atom. The highest BCUT2D eigenvalue weighted by Gasteiger charge is 2.82. The van der Waals surface area contributed by atoms with Gasteiger partial charge >= 0.3 is 0 Å². The van der Waals surface area contributed by atoms with Crippen molar-refractivity contribution >= 4 is 11.6 Å². The van der Waals surface area contributed by atoms with E-state index in [0.29, 0.717) is 51.5 Å². The molecule has 0 unspecified atom stereocenters. The number of allylic oxidation sites excluding steroid dienone is 1. The molecule has 0 aromatic heterocycles. The molecule has 5 fully saturated rings. The smallest absolute Gasteiger partial charge is 0.138 e.